The van der Waals surface area contributed by atoms with Gasteiger partial charge in [0.15, 0.2) is 0 Å². The van der Waals surface area contributed by atoms with E-state index in [9.17, 15) is 4.79 Å². The third-order valence-electron chi connectivity index (χ3n) is 4.48. The number of aromatic nitrogens is 1. The lowest BCUT2D eigenvalue weighted by molar-refractivity contribution is 0.0622. The minimum Gasteiger partial charge on any atom is -0.347 e. The van der Waals surface area contributed by atoms with Crippen LogP contribution in [0.3, 0.4) is 0 Å². The number of pyridine rings is 1. The van der Waals surface area contributed by atoms with Gasteiger partial charge in [-0.25, -0.2) is 0 Å². The molecule has 2 aromatic heterocycles. The van der Waals surface area contributed by atoms with Gasteiger partial charge in [0, 0.05) is 18.8 Å². The number of amides is 1. The topological polar surface area (TPSA) is 45.2 Å². The molecular formula is C15H17N3OS. The van der Waals surface area contributed by atoms with E-state index in [2.05, 4.69) is 15.2 Å². The second-order valence-corrected chi connectivity index (χ2v) is 6.80. The Morgan fingerprint density at radius 2 is 2.25 bits per heavy atom. The second-order valence-electron chi connectivity index (χ2n) is 5.72. The van der Waals surface area contributed by atoms with Gasteiger partial charge in [0.1, 0.15) is 0 Å². The molecule has 0 aliphatic carbocycles. The quantitative estimate of drug-likeness (QED) is 0.920. The number of thiophene rings is 1. The maximum Gasteiger partial charge on any atom is 0.261 e. The molecule has 4 nitrogen and oxygen atoms in total. The van der Waals surface area contributed by atoms with E-state index in [0.717, 1.165) is 21.6 Å². The molecule has 2 aromatic rings. The first-order chi connectivity index (χ1) is 9.79. The summed E-state index contributed by atoms with van der Waals surface area (Å²) in [6.07, 6.45) is 4.21. The molecule has 3 aliphatic heterocycles. The van der Waals surface area contributed by atoms with Crippen LogP contribution in [0.2, 0.25) is 0 Å². The van der Waals surface area contributed by atoms with E-state index in [4.69, 9.17) is 0 Å². The SMILES string of the molecule is O=C(N[C@H]1CN2CCC1CC2)c1cc2ncccc2s1. The number of hydrogen-bond donors (Lipinski definition) is 1. The highest BCUT2D eigenvalue weighted by Gasteiger charge is 2.35. The van der Waals surface area contributed by atoms with Crippen molar-refractivity contribution in [2.75, 3.05) is 19.6 Å². The zero-order chi connectivity index (χ0) is 13.5. The average Bonchev–Trinajstić information content (AvgIpc) is 2.92. The fourth-order valence-electron chi connectivity index (χ4n) is 3.35. The van der Waals surface area contributed by atoms with Crippen LogP contribution in [0.25, 0.3) is 10.2 Å². The maximum atomic E-state index is 12.4. The van der Waals surface area contributed by atoms with E-state index in [1.54, 1.807) is 6.20 Å². The van der Waals surface area contributed by atoms with Crippen LogP contribution in [0, 0.1) is 5.92 Å². The van der Waals surface area contributed by atoms with Gasteiger partial charge in [-0.2, -0.15) is 0 Å². The van der Waals surface area contributed by atoms with Crippen LogP contribution in [0.15, 0.2) is 24.4 Å². The Bertz CT molecular complexity index is 612. The number of piperidine rings is 3. The van der Waals surface area contributed by atoms with E-state index < -0.39 is 0 Å². The van der Waals surface area contributed by atoms with Crippen LogP contribution in [-0.2, 0) is 0 Å². The van der Waals surface area contributed by atoms with Crippen LogP contribution in [0.4, 0.5) is 0 Å². The van der Waals surface area contributed by atoms with Crippen LogP contribution in [-0.4, -0.2) is 41.5 Å². The van der Waals surface area contributed by atoms with Gasteiger partial charge in [0.2, 0.25) is 0 Å². The Morgan fingerprint density at radius 3 is 2.95 bits per heavy atom. The minimum absolute atomic E-state index is 0.0618. The number of carbonyl (C=O) groups is 1. The molecule has 5 heterocycles. The monoisotopic (exact) mass is 287 g/mol. The summed E-state index contributed by atoms with van der Waals surface area (Å²) < 4.78 is 1.08. The fraction of sp³-hybridized carbons (Fsp3) is 0.467. The van der Waals surface area contributed by atoms with Crippen LogP contribution in [0.1, 0.15) is 22.5 Å². The molecule has 0 radical (unpaired) electrons. The van der Waals surface area contributed by atoms with Gasteiger partial charge >= 0.3 is 0 Å². The molecule has 5 heteroatoms. The fourth-order valence-corrected chi connectivity index (χ4v) is 4.27. The molecule has 1 atom stereocenters. The summed E-state index contributed by atoms with van der Waals surface area (Å²) >= 11 is 1.53. The van der Waals surface area contributed by atoms with E-state index in [1.165, 1.54) is 37.3 Å². The Labute approximate surface area is 121 Å². The van der Waals surface area contributed by atoms with Crippen molar-refractivity contribution in [3.63, 3.8) is 0 Å². The van der Waals surface area contributed by atoms with Crippen molar-refractivity contribution in [3.8, 4) is 0 Å². The molecule has 5 rings (SSSR count). The van der Waals surface area contributed by atoms with Crippen molar-refractivity contribution >= 4 is 27.5 Å². The first-order valence-electron chi connectivity index (χ1n) is 7.17. The summed E-state index contributed by atoms with van der Waals surface area (Å²) in [5, 5.41) is 3.23. The van der Waals surface area contributed by atoms with Gasteiger partial charge in [0.25, 0.3) is 5.91 Å². The number of rotatable bonds is 2. The number of nitrogens with one attached hydrogen (secondary N) is 1. The lowest BCUT2D eigenvalue weighted by Gasteiger charge is -2.44. The highest BCUT2D eigenvalue weighted by molar-refractivity contribution is 7.20. The van der Waals surface area contributed by atoms with Crippen molar-refractivity contribution in [2.45, 2.75) is 18.9 Å². The summed E-state index contributed by atoms with van der Waals surface area (Å²) in [6, 6.07) is 6.14. The van der Waals surface area contributed by atoms with Gasteiger partial charge in [0.05, 0.1) is 15.1 Å². The van der Waals surface area contributed by atoms with Crippen molar-refractivity contribution in [3.05, 3.63) is 29.3 Å². The number of carbonyl (C=O) groups excluding carboxylic acids is 1. The predicted octanol–water partition coefficient (Wildman–Crippen LogP) is 2.12. The molecule has 104 valence electrons. The highest BCUT2D eigenvalue weighted by Crippen LogP contribution is 2.28. The third-order valence-corrected chi connectivity index (χ3v) is 5.57. The van der Waals surface area contributed by atoms with E-state index in [1.807, 2.05) is 18.2 Å². The number of hydrogen-bond acceptors (Lipinski definition) is 4. The molecule has 0 spiro atoms. The second kappa shape index (κ2) is 4.82. The molecule has 1 N–H and O–H groups in total. The third kappa shape index (κ3) is 2.11. The molecule has 0 saturated carbocycles. The minimum atomic E-state index is 0.0618. The highest BCUT2D eigenvalue weighted by atomic mass is 32.1. The van der Waals surface area contributed by atoms with Crippen molar-refractivity contribution in [1.29, 1.82) is 0 Å². The molecule has 20 heavy (non-hydrogen) atoms. The Hall–Kier alpha value is -1.46. The van der Waals surface area contributed by atoms with Gasteiger partial charge < -0.3 is 10.2 Å². The standard InChI is InChI=1S/C15H17N3OS/c19-15(14-8-11-13(20-14)2-1-5-16-11)17-12-9-18-6-3-10(12)4-7-18/h1-2,5,8,10,12H,3-4,6-7,9H2,(H,17,19)/t12-/m0/s1. The van der Waals surface area contributed by atoms with Crippen molar-refractivity contribution in [1.82, 2.24) is 15.2 Å². The van der Waals surface area contributed by atoms with Crippen LogP contribution < -0.4 is 5.32 Å². The van der Waals surface area contributed by atoms with Crippen LogP contribution in [0.5, 0.6) is 0 Å². The lowest BCUT2D eigenvalue weighted by atomic mass is 9.84. The number of fused-ring (bicyclic) bond motifs is 4. The number of nitrogens with zero attached hydrogens (tertiary/aromatic N) is 2. The normalized spacial score (nSPS) is 28.7. The molecule has 3 aliphatic rings. The Morgan fingerprint density at radius 1 is 1.40 bits per heavy atom. The van der Waals surface area contributed by atoms with Crippen LogP contribution >= 0.6 is 11.3 Å². The molecule has 1 amide bonds. The molecule has 0 aromatic carbocycles. The predicted molar refractivity (Wildman–Crippen MR) is 80.0 cm³/mol. The largest absolute Gasteiger partial charge is 0.347 e. The Kier molecular flexibility index (Phi) is 2.97. The van der Waals surface area contributed by atoms with Gasteiger partial charge in [-0.1, -0.05) is 0 Å². The molecular weight excluding hydrogens is 270 g/mol. The molecule has 3 fully saturated rings. The summed E-state index contributed by atoms with van der Waals surface area (Å²) in [5.41, 5.74) is 0.913. The first kappa shape index (κ1) is 12.3. The van der Waals surface area contributed by atoms with Gasteiger partial charge in [-0.05, 0) is 50.0 Å². The Balaban J connectivity index is 1.52. The molecule has 3 saturated heterocycles. The van der Waals surface area contributed by atoms with E-state index >= 15 is 0 Å². The summed E-state index contributed by atoms with van der Waals surface area (Å²) in [7, 11) is 0. The average molecular weight is 287 g/mol. The summed E-state index contributed by atoms with van der Waals surface area (Å²) in [6.45, 7) is 3.41. The summed E-state index contributed by atoms with van der Waals surface area (Å²) in [4.78, 5) is 19.9. The zero-order valence-electron chi connectivity index (χ0n) is 11.2. The van der Waals surface area contributed by atoms with Crippen molar-refractivity contribution < 1.29 is 4.79 Å². The van der Waals surface area contributed by atoms with E-state index in [0.29, 0.717) is 12.0 Å². The smallest absolute Gasteiger partial charge is 0.261 e. The molecule has 2 bridgehead atoms. The van der Waals surface area contributed by atoms with E-state index in [-0.39, 0.29) is 5.91 Å². The summed E-state index contributed by atoms with van der Waals surface area (Å²) in [5.74, 6) is 0.725. The first-order valence-corrected chi connectivity index (χ1v) is 7.99. The maximum absolute atomic E-state index is 12.4. The van der Waals surface area contributed by atoms with Gasteiger partial charge in [-0.15, -0.1) is 11.3 Å². The van der Waals surface area contributed by atoms with Crippen molar-refractivity contribution in [2.24, 2.45) is 5.92 Å². The van der Waals surface area contributed by atoms with Gasteiger partial charge in [-0.3, -0.25) is 9.78 Å². The lowest BCUT2D eigenvalue weighted by Crippen LogP contribution is -2.57. The zero-order valence-corrected chi connectivity index (χ0v) is 12.0. The molecule has 0 unspecified atom stereocenters.